The second-order valence-electron chi connectivity index (χ2n) is 5.98. The zero-order valence-corrected chi connectivity index (χ0v) is 16.6. The zero-order chi connectivity index (χ0) is 20.3. The first-order valence-electron chi connectivity index (χ1n) is 8.22. The first-order valence-corrected chi connectivity index (χ1v) is 9.42. The maximum atomic E-state index is 12.6. The van der Waals surface area contributed by atoms with Gasteiger partial charge in [0.25, 0.3) is 11.6 Å². The molecule has 1 N–H and O–H groups in total. The third-order valence-electron chi connectivity index (χ3n) is 4.01. The normalized spacial score (nSPS) is 11.8. The molecule has 0 aliphatic carbocycles. The molecule has 1 amide bonds. The number of benzene rings is 2. The lowest BCUT2D eigenvalue weighted by Crippen LogP contribution is -2.26. The Kier molecular flexibility index (Phi) is 5.96. The minimum Gasteiger partial charge on any atom is -0.345 e. The van der Waals surface area contributed by atoms with E-state index in [1.807, 2.05) is 12.1 Å². The average molecular weight is 418 g/mol. The van der Waals surface area contributed by atoms with E-state index in [-0.39, 0.29) is 17.3 Å². The van der Waals surface area contributed by atoms with Crippen LogP contribution >= 0.6 is 23.4 Å². The fourth-order valence-corrected chi connectivity index (χ4v) is 3.68. The molecular weight excluding hydrogens is 402 g/mol. The number of aromatic nitrogens is 3. The number of amides is 1. The van der Waals surface area contributed by atoms with Crippen LogP contribution in [0, 0.1) is 10.1 Å². The van der Waals surface area contributed by atoms with Crippen LogP contribution < -0.4 is 5.32 Å². The topological polar surface area (TPSA) is 103 Å². The molecular formula is C18H16ClN5O3S. The predicted octanol–water partition coefficient (Wildman–Crippen LogP) is 4.02. The van der Waals surface area contributed by atoms with Crippen LogP contribution in [0.1, 0.15) is 28.9 Å². The van der Waals surface area contributed by atoms with Crippen LogP contribution in [0.25, 0.3) is 0 Å². The average Bonchev–Trinajstić information content (AvgIpc) is 3.06. The van der Waals surface area contributed by atoms with Crippen LogP contribution in [0.2, 0.25) is 5.02 Å². The molecule has 28 heavy (non-hydrogen) atoms. The Morgan fingerprint density at radius 3 is 2.71 bits per heavy atom. The van der Waals surface area contributed by atoms with Crippen molar-refractivity contribution >= 4 is 35.0 Å². The van der Waals surface area contributed by atoms with Crippen LogP contribution in [0.5, 0.6) is 0 Å². The summed E-state index contributed by atoms with van der Waals surface area (Å²) in [6.07, 6.45) is 1.51. The lowest BCUT2D eigenvalue weighted by atomic mass is 10.1. The van der Waals surface area contributed by atoms with Gasteiger partial charge in [-0.2, -0.15) is 0 Å². The number of nitrogens with zero attached hydrogens (tertiary/aromatic N) is 4. The fourth-order valence-electron chi connectivity index (χ4n) is 2.53. The third-order valence-corrected chi connectivity index (χ3v) is 5.47. The first kappa shape index (κ1) is 19.8. The van der Waals surface area contributed by atoms with E-state index < -0.39 is 10.8 Å². The summed E-state index contributed by atoms with van der Waals surface area (Å²) >= 11 is 7.27. The van der Waals surface area contributed by atoms with E-state index >= 15 is 0 Å². The maximum Gasteiger partial charge on any atom is 0.284 e. The monoisotopic (exact) mass is 417 g/mol. The van der Waals surface area contributed by atoms with Gasteiger partial charge in [-0.05, 0) is 42.4 Å². The minimum absolute atomic E-state index is 0.175. The predicted molar refractivity (Wildman–Crippen MR) is 106 cm³/mol. The molecule has 8 nitrogen and oxygen atoms in total. The van der Waals surface area contributed by atoms with Gasteiger partial charge < -0.3 is 9.88 Å². The molecule has 10 heteroatoms. The van der Waals surface area contributed by atoms with Crippen molar-refractivity contribution in [1.82, 2.24) is 20.1 Å². The van der Waals surface area contributed by atoms with Crippen LogP contribution in [0.3, 0.4) is 0 Å². The molecule has 0 saturated carbocycles. The molecule has 0 aliphatic heterocycles. The minimum atomic E-state index is -0.521. The van der Waals surface area contributed by atoms with Gasteiger partial charge >= 0.3 is 0 Å². The number of carbonyl (C=O) groups excluding carboxylic acids is 1. The summed E-state index contributed by atoms with van der Waals surface area (Å²) in [5, 5.41) is 23.0. The van der Waals surface area contributed by atoms with Gasteiger partial charge in [-0.3, -0.25) is 14.9 Å². The Hall–Kier alpha value is -2.91. The number of hydrogen-bond donors (Lipinski definition) is 1. The van der Waals surface area contributed by atoms with Gasteiger partial charge in [0.05, 0.1) is 15.9 Å². The number of nitro groups is 1. The van der Waals surface area contributed by atoms with E-state index in [1.54, 1.807) is 36.7 Å². The van der Waals surface area contributed by atoms with Crippen molar-refractivity contribution in [2.75, 3.05) is 0 Å². The molecule has 144 valence electrons. The Bertz CT molecular complexity index is 1040. The van der Waals surface area contributed by atoms with Crippen molar-refractivity contribution in [2.24, 2.45) is 7.05 Å². The summed E-state index contributed by atoms with van der Waals surface area (Å²) in [6.45, 7) is 1.80. The van der Waals surface area contributed by atoms with Gasteiger partial charge in [0.1, 0.15) is 6.33 Å². The van der Waals surface area contributed by atoms with E-state index in [2.05, 4.69) is 15.5 Å². The summed E-state index contributed by atoms with van der Waals surface area (Å²) in [6, 6.07) is 11.2. The van der Waals surface area contributed by atoms with E-state index in [0.717, 1.165) is 17.3 Å². The third kappa shape index (κ3) is 4.32. The van der Waals surface area contributed by atoms with Crippen LogP contribution in [0.4, 0.5) is 5.69 Å². The maximum absolute atomic E-state index is 12.6. The molecule has 3 rings (SSSR count). The number of carbonyl (C=O) groups is 1. The lowest BCUT2D eigenvalue weighted by Gasteiger charge is -2.16. The van der Waals surface area contributed by atoms with E-state index in [0.29, 0.717) is 15.1 Å². The molecule has 0 spiro atoms. The lowest BCUT2D eigenvalue weighted by molar-refractivity contribution is -0.387. The smallest absolute Gasteiger partial charge is 0.284 e. The van der Waals surface area contributed by atoms with E-state index in [1.165, 1.54) is 18.5 Å². The van der Waals surface area contributed by atoms with E-state index in [4.69, 9.17) is 11.6 Å². The molecule has 0 saturated heterocycles. The second kappa shape index (κ2) is 8.41. The fraction of sp³-hybridized carbons (Fsp3) is 0.167. The van der Waals surface area contributed by atoms with Crippen LogP contribution in [-0.2, 0) is 7.05 Å². The van der Waals surface area contributed by atoms with Crippen LogP contribution in [0.15, 0.2) is 58.8 Å². The number of rotatable bonds is 6. The van der Waals surface area contributed by atoms with Gasteiger partial charge in [-0.25, -0.2) is 0 Å². The Labute approximate surface area is 170 Å². The van der Waals surface area contributed by atoms with Gasteiger partial charge in [-0.1, -0.05) is 29.8 Å². The molecule has 2 aromatic carbocycles. The molecule has 0 bridgehead atoms. The van der Waals surface area contributed by atoms with E-state index in [9.17, 15) is 14.9 Å². The molecule has 0 unspecified atom stereocenters. The molecule has 1 aromatic heterocycles. The number of nitrogens with one attached hydrogen (secondary N) is 1. The highest BCUT2D eigenvalue weighted by molar-refractivity contribution is 7.99. The highest BCUT2D eigenvalue weighted by Gasteiger charge is 2.21. The quantitative estimate of drug-likeness (QED) is 0.480. The SMILES string of the molecule is C[C@H](NC(=O)c1ccc(Sc2nncn2C)c([N+](=O)[O-])c1)c1ccccc1Cl. The molecule has 3 aromatic rings. The van der Waals surface area contributed by atoms with Gasteiger partial charge in [0.15, 0.2) is 5.16 Å². The van der Waals surface area contributed by atoms with Gasteiger partial charge in [-0.15, -0.1) is 10.2 Å². The number of hydrogen-bond acceptors (Lipinski definition) is 6. The Morgan fingerprint density at radius 1 is 1.32 bits per heavy atom. The Balaban J connectivity index is 1.83. The van der Waals surface area contributed by atoms with Crippen LogP contribution in [-0.4, -0.2) is 25.6 Å². The Morgan fingerprint density at radius 2 is 2.07 bits per heavy atom. The van der Waals surface area contributed by atoms with Crippen molar-refractivity contribution in [3.63, 3.8) is 0 Å². The summed E-state index contributed by atoms with van der Waals surface area (Å²) in [4.78, 5) is 23.9. The summed E-state index contributed by atoms with van der Waals surface area (Å²) in [7, 11) is 1.74. The standard InChI is InChI=1S/C18H16ClN5O3S/c1-11(13-5-3-4-6-14(13)19)21-17(25)12-7-8-16(15(9-12)24(26)27)28-18-22-20-10-23(18)2/h3-11H,1-2H3,(H,21,25)/t11-/m0/s1. The van der Waals surface area contributed by atoms with Crippen molar-refractivity contribution in [1.29, 1.82) is 0 Å². The molecule has 1 atom stereocenters. The summed E-state index contributed by atoms with van der Waals surface area (Å²) in [5.41, 5.74) is 0.778. The first-order chi connectivity index (χ1) is 13.4. The van der Waals surface area contributed by atoms with Crippen molar-refractivity contribution in [2.45, 2.75) is 23.0 Å². The van der Waals surface area contributed by atoms with Crippen molar-refractivity contribution in [3.05, 3.63) is 75.1 Å². The summed E-state index contributed by atoms with van der Waals surface area (Å²) < 4.78 is 1.65. The van der Waals surface area contributed by atoms with Crippen molar-refractivity contribution < 1.29 is 9.72 Å². The highest BCUT2D eigenvalue weighted by Crippen LogP contribution is 2.34. The summed E-state index contributed by atoms with van der Waals surface area (Å²) in [5.74, 6) is -0.425. The number of aryl methyl sites for hydroxylation is 1. The molecule has 0 fully saturated rings. The van der Waals surface area contributed by atoms with Gasteiger partial charge in [0.2, 0.25) is 0 Å². The molecule has 0 radical (unpaired) electrons. The molecule has 1 heterocycles. The largest absolute Gasteiger partial charge is 0.345 e. The number of halogens is 1. The second-order valence-corrected chi connectivity index (χ2v) is 7.40. The van der Waals surface area contributed by atoms with Gasteiger partial charge in [0, 0.05) is 23.7 Å². The highest BCUT2D eigenvalue weighted by atomic mass is 35.5. The number of nitro benzene ring substituents is 1. The zero-order valence-electron chi connectivity index (χ0n) is 15.0. The molecule has 0 aliphatic rings. The van der Waals surface area contributed by atoms with Crippen molar-refractivity contribution in [3.8, 4) is 0 Å².